The summed E-state index contributed by atoms with van der Waals surface area (Å²) in [7, 11) is 1.88. The van der Waals surface area contributed by atoms with Gasteiger partial charge in [-0.05, 0) is 64.4 Å². The standard InChI is InChI=1S/C16H27FN2O/c1-4-19(15-9-7-14(17)8-10-15)12-6-5-11-16(2,13-20)18-3/h7-10,18,20H,4-6,11-13H2,1-3H3. The molecule has 2 N–H and O–H groups in total. The summed E-state index contributed by atoms with van der Waals surface area (Å²) in [4.78, 5) is 2.25. The number of anilines is 1. The number of unbranched alkanes of at least 4 members (excludes halogenated alkanes) is 1. The van der Waals surface area contributed by atoms with Gasteiger partial charge in [0.15, 0.2) is 0 Å². The van der Waals surface area contributed by atoms with Crippen LogP contribution in [0.5, 0.6) is 0 Å². The highest BCUT2D eigenvalue weighted by atomic mass is 19.1. The molecular formula is C16H27FN2O. The molecule has 0 amide bonds. The topological polar surface area (TPSA) is 35.5 Å². The van der Waals surface area contributed by atoms with Gasteiger partial charge in [0.05, 0.1) is 6.61 Å². The molecule has 0 bridgehead atoms. The van der Waals surface area contributed by atoms with Crippen molar-refractivity contribution >= 4 is 5.69 Å². The van der Waals surface area contributed by atoms with E-state index in [-0.39, 0.29) is 18.0 Å². The quantitative estimate of drug-likeness (QED) is 0.684. The summed E-state index contributed by atoms with van der Waals surface area (Å²) in [5, 5.41) is 12.5. The Morgan fingerprint density at radius 1 is 1.25 bits per heavy atom. The maximum absolute atomic E-state index is 12.9. The van der Waals surface area contributed by atoms with Gasteiger partial charge >= 0.3 is 0 Å². The SMILES string of the molecule is CCN(CCCCC(C)(CO)NC)c1ccc(F)cc1. The van der Waals surface area contributed by atoms with E-state index in [1.807, 2.05) is 26.1 Å². The lowest BCUT2D eigenvalue weighted by Crippen LogP contribution is -2.43. The summed E-state index contributed by atoms with van der Waals surface area (Å²) in [5.74, 6) is -0.197. The van der Waals surface area contributed by atoms with Crippen molar-refractivity contribution in [1.82, 2.24) is 5.32 Å². The fourth-order valence-corrected chi connectivity index (χ4v) is 2.22. The number of likely N-dealkylation sites (N-methyl/N-ethyl adjacent to an activating group) is 1. The summed E-state index contributed by atoms with van der Waals surface area (Å²) < 4.78 is 12.9. The Kier molecular flexibility index (Phi) is 6.96. The molecule has 0 spiro atoms. The minimum Gasteiger partial charge on any atom is -0.394 e. The molecule has 1 aromatic carbocycles. The van der Waals surface area contributed by atoms with Gasteiger partial charge in [0.2, 0.25) is 0 Å². The molecule has 4 heteroatoms. The molecule has 1 aromatic rings. The van der Waals surface area contributed by atoms with E-state index in [9.17, 15) is 9.50 Å². The third-order valence-corrected chi connectivity index (χ3v) is 3.93. The average molecular weight is 282 g/mol. The van der Waals surface area contributed by atoms with E-state index < -0.39 is 0 Å². The molecule has 0 fully saturated rings. The molecule has 114 valence electrons. The molecule has 1 unspecified atom stereocenters. The molecule has 1 atom stereocenters. The van der Waals surface area contributed by atoms with Gasteiger partial charge in [0.1, 0.15) is 5.82 Å². The molecule has 0 aromatic heterocycles. The van der Waals surface area contributed by atoms with E-state index in [1.165, 1.54) is 12.1 Å². The lowest BCUT2D eigenvalue weighted by Gasteiger charge is -2.28. The zero-order valence-electron chi connectivity index (χ0n) is 12.8. The Labute approximate surface area is 121 Å². The van der Waals surface area contributed by atoms with Crippen LogP contribution >= 0.6 is 0 Å². The molecule has 1 rings (SSSR count). The number of nitrogens with zero attached hydrogens (tertiary/aromatic N) is 1. The van der Waals surface area contributed by atoms with E-state index in [1.54, 1.807) is 0 Å². The van der Waals surface area contributed by atoms with Crippen molar-refractivity contribution in [3.8, 4) is 0 Å². The second-order valence-corrected chi connectivity index (χ2v) is 5.48. The van der Waals surface area contributed by atoms with E-state index in [0.29, 0.717) is 0 Å². The number of rotatable bonds is 9. The van der Waals surface area contributed by atoms with Crippen molar-refractivity contribution in [3.63, 3.8) is 0 Å². The monoisotopic (exact) mass is 282 g/mol. The molecule has 0 aliphatic heterocycles. The summed E-state index contributed by atoms with van der Waals surface area (Å²) >= 11 is 0. The van der Waals surface area contributed by atoms with Gasteiger partial charge in [-0.2, -0.15) is 0 Å². The zero-order chi connectivity index (χ0) is 15.0. The zero-order valence-corrected chi connectivity index (χ0v) is 12.8. The molecule has 0 heterocycles. The summed E-state index contributed by atoms with van der Waals surface area (Å²) in [6, 6.07) is 6.65. The van der Waals surface area contributed by atoms with Crippen LogP contribution in [-0.2, 0) is 0 Å². The largest absolute Gasteiger partial charge is 0.394 e. The first-order valence-electron chi connectivity index (χ1n) is 7.35. The molecular weight excluding hydrogens is 255 g/mol. The number of aliphatic hydroxyl groups excluding tert-OH is 1. The van der Waals surface area contributed by atoms with Crippen LogP contribution in [0.25, 0.3) is 0 Å². The highest BCUT2D eigenvalue weighted by Crippen LogP contribution is 2.17. The summed E-state index contributed by atoms with van der Waals surface area (Å²) in [6.45, 7) is 6.15. The predicted molar refractivity (Wildman–Crippen MR) is 82.7 cm³/mol. The third-order valence-electron chi connectivity index (χ3n) is 3.93. The van der Waals surface area contributed by atoms with Gasteiger partial charge in [0, 0.05) is 24.3 Å². The highest BCUT2D eigenvalue weighted by molar-refractivity contribution is 5.45. The van der Waals surface area contributed by atoms with Gasteiger partial charge in [-0.3, -0.25) is 0 Å². The second-order valence-electron chi connectivity index (χ2n) is 5.48. The minimum absolute atomic E-state index is 0.152. The van der Waals surface area contributed by atoms with Crippen LogP contribution in [0.2, 0.25) is 0 Å². The van der Waals surface area contributed by atoms with Crippen molar-refractivity contribution in [2.24, 2.45) is 0 Å². The number of benzene rings is 1. The van der Waals surface area contributed by atoms with Crippen LogP contribution in [-0.4, -0.2) is 37.4 Å². The number of nitrogens with one attached hydrogen (secondary N) is 1. The van der Waals surface area contributed by atoms with E-state index >= 15 is 0 Å². The first kappa shape index (κ1) is 16.9. The molecule has 0 saturated heterocycles. The minimum atomic E-state index is -0.197. The predicted octanol–water partition coefficient (Wildman–Crippen LogP) is 2.79. The van der Waals surface area contributed by atoms with E-state index in [0.717, 1.165) is 38.0 Å². The highest BCUT2D eigenvalue weighted by Gasteiger charge is 2.19. The van der Waals surface area contributed by atoms with Crippen molar-refractivity contribution in [2.75, 3.05) is 31.6 Å². The van der Waals surface area contributed by atoms with Crippen LogP contribution in [0.15, 0.2) is 24.3 Å². The fourth-order valence-electron chi connectivity index (χ4n) is 2.22. The number of halogens is 1. The van der Waals surface area contributed by atoms with Crippen molar-refractivity contribution in [1.29, 1.82) is 0 Å². The molecule has 0 radical (unpaired) electrons. The molecule has 20 heavy (non-hydrogen) atoms. The maximum Gasteiger partial charge on any atom is 0.123 e. The van der Waals surface area contributed by atoms with Gasteiger partial charge in [-0.15, -0.1) is 0 Å². The first-order valence-corrected chi connectivity index (χ1v) is 7.35. The Morgan fingerprint density at radius 2 is 1.90 bits per heavy atom. The smallest absolute Gasteiger partial charge is 0.123 e. The number of aliphatic hydroxyl groups is 1. The Morgan fingerprint density at radius 3 is 2.40 bits per heavy atom. The summed E-state index contributed by atoms with van der Waals surface area (Å²) in [5.41, 5.74) is 0.875. The second kappa shape index (κ2) is 8.22. The maximum atomic E-state index is 12.9. The average Bonchev–Trinajstić information content (AvgIpc) is 2.48. The molecule has 3 nitrogen and oxygen atoms in total. The van der Waals surface area contributed by atoms with Crippen LogP contribution in [0.4, 0.5) is 10.1 Å². The van der Waals surface area contributed by atoms with E-state index in [4.69, 9.17) is 0 Å². The fraction of sp³-hybridized carbons (Fsp3) is 0.625. The van der Waals surface area contributed by atoms with Gasteiger partial charge in [-0.25, -0.2) is 4.39 Å². The van der Waals surface area contributed by atoms with Gasteiger partial charge in [0.25, 0.3) is 0 Å². The number of hydrogen-bond acceptors (Lipinski definition) is 3. The van der Waals surface area contributed by atoms with Crippen LogP contribution < -0.4 is 10.2 Å². The lowest BCUT2D eigenvalue weighted by molar-refractivity contribution is 0.171. The molecule has 0 aliphatic rings. The van der Waals surface area contributed by atoms with Gasteiger partial charge in [-0.1, -0.05) is 0 Å². The van der Waals surface area contributed by atoms with E-state index in [2.05, 4.69) is 17.1 Å². The molecule has 0 saturated carbocycles. The summed E-state index contributed by atoms with van der Waals surface area (Å²) in [6.07, 6.45) is 3.05. The first-order chi connectivity index (χ1) is 9.54. The Hall–Kier alpha value is -1.13. The van der Waals surface area contributed by atoms with Crippen molar-refractivity contribution in [2.45, 2.75) is 38.6 Å². The lowest BCUT2D eigenvalue weighted by atomic mass is 9.96. The Balaban J connectivity index is 2.41. The van der Waals surface area contributed by atoms with Crippen LogP contribution in [0.3, 0.4) is 0 Å². The number of hydrogen-bond donors (Lipinski definition) is 2. The van der Waals surface area contributed by atoms with Gasteiger partial charge < -0.3 is 15.3 Å². The van der Waals surface area contributed by atoms with Crippen LogP contribution in [0.1, 0.15) is 33.1 Å². The van der Waals surface area contributed by atoms with Crippen molar-refractivity contribution in [3.05, 3.63) is 30.1 Å². The Bertz CT molecular complexity index is 377. The van der Waals surface area contributed by atoms with Crippen LogP contribution in [0, 0.1) is 5.82 Å². The van der Waals surface area contributed by atoms with Crippen molar-refractivity contribution < 1.29 is 9.50 Å². The third kappa shape index (κ3) is 5.10. The molecule has 0 aliphatic carbocycles. The normalized spacial score (nSPS) is 14.1.